The second-order valence-electron chi connectivity index (χ2n) is 6.66. The molecule has 0 fully saturated rings. The normalized spacial score (nSPS) is 18.8. The minimum Gasteiger partial charge on any atom is -0.396 e. The van der Waals surface area contributed by atoms with E-state index < -0.39 is 5.41 Å². The van der Waals surface area contributed by atoms with Crippen molar-refractivity contribution in [3.8, 4) is 11.1 Å². The third kappa shape index (κ3) is 2.40. The maximum atomic E-state index is 13.1. The van der Waals surface area contributed by atoms with E-state index in [1.807, 2.05) is 42.8 Å². The van der Waals surface area contributed by atoms with E-state index in [1.165, 1.54) is 0 Å². The number of benzene rings is 1. The largest absolute Gasteiger partial charge is 0.396 e. The van der Waals surface area contributed by atoms with Crippen molar-refractivity contribution in [1.29, 1.82) is 0 Å². The van der Waals surface area contributed by atoms with Crippen LogP contribution in [0.5, 0.6) is 0 Å². The van der Waals surface area contributed by atoms with Gasteiger partial charge in [-0.3, -0.25) is 4.79 Å². The molecule has 1 aromatic carbocycles. The Balaban J connectivity index is 1.92. The number of carbonyl (C=O) groups excluding carboxylic acids is 1. The number of hydrogen-bond acceptors (Lipinski definition) is 5. The van der Waals surface area contributed by atoms with Crippen LogP contribution >= 0.6 is 11.3 Å². The number of anilines is 1. The van der Waals surface area contributed by atoms with Gasteiger partial charge in [-0.15, -0.1) is 0 Å². The highest BCUT2D eigenvalue weighted by atomic mass is 32.1. The smallest absolute Gasteiger partial charge is 0.239 e. The lowest BCUT2D eigenvalue weighted by atomic mass is 9.72. The second-order valence-corrected chi connectivity index (χ2v) is 7.44. The summed E-state index contributed by atoms with van der Waals surface area (Å²) < 4.78 is 5.32. The molecule has 2 aromatic heterocycles. The van der Waals surface area contributed by atoms with Gasteiger partial charge in [-0.2, -0.15) is 11.3 Å². The fourth-order valence-electron chi connectivity index (χ4n) is 3.94. The van der Waals surface area contributed by atoms with Crippen LogP contribution in [-0.4, -0.2) is 22.8 Å². The van der Waals surface area contributed by atoms with Gasteiger partial charge in [-0.1, -0.05) is 11.2 Å². The first-order valence-corrected chi connectivity index (χ1v) is 9.55. The van der Waals surface area contributed by atoms with Gasteiger partial charge in [0.1, 0.15) is 11.2 Å². The SMILES string of the molecule is Cc1noc(C)c1-c1ccc2c(c1)C(CCCO)(c1ccsc1)C(=O)N2. The van der Waals surface area contributed by atoms with Gasteiger partial charge in [-0.05, 0) is 72.3 Å². The molecule has 0 bridgehead atoms. The van der Waals surface area contributed by atoms with E-state index in [0.29, 0.717) is 12.8 Å². The van der Waals surface area contributed by atoms with Gasteiger partial charge < -0.3 is 14.9 Å². The molecule has 5 nitrogen and oxygen atoms in total. The minimum absolute atomic E-state index is 0.0322. The molecule has 1 atom stereocenters. The molecule has 1 amide bonds. The molecule has 1 aliphatic heterocycles. The Morgan fingerprint density at radius 1 is 1.31 bits per heavy atom. The highest BCUT2D eigenvalue weighted by molar-refractivity contribution is 7.08. The Morgan fingerprint density at radius 2 is 2.15 bits per heavy atom. The van der Waals surface area contributed by atoms with Crippen molar-refractivity contribution >= 4 is 22.9 Å². The molecule has 0 aliphatic carbocycles. The molecule has 4 rings (SSSR count). The van der Waals surface area contributed by atoms with Crippen LogP contribution in [0, 0.1) is 13.8 Å². The van der Waals surface area contributed by atoms with Gasteiger partial charge in [0.25, 0.3) is 0 Å². The molecule has 6 heteroatoms. The standard InChI is InChI=1S/C20H20N2O3S/c1-12-18(13(2)25-22-12)14-4-5-17-16(10-14)20(7-3-8-23,19(24)21-17)15-6-9-26-11-15/h4-6,9-11,23H,3,7-8H2,1-2H3,(H,21,24). The number of aromatic nitrogens is 1. The van der Waals surface area contributed by atoms with E-state index in [9.17, 15) is 9.90 Å². The minimum atomic E-state index is -0.771. The van der Waals surface area contributed by atoms with Crippen molar-refractivity contribution in [2.75, 3.05) is 11.9 Å². The Morgan fingerprint density at radius 3 is 2.81 bits per heavy atom. The van der Waals surface area contributed by atoms with Crippen LogP contribution in [0.4, 0.5) is 5.69 Å². The van der Waals surface area contributed by atoms with E-state index in [2.05, 4.69) is 16.5 Å². The zero-order chi connectivity index (χ0) is 18.3. The van der Waals surface area contributed by atoms with Crippen LogP contribution < -0.4 is 5.32 Å². The topological polar surface area (TPSA) is 75.4 Å². The number of nitrogens with one attached hydrogen (secondary N) is 1. The Labute approximate surface area is 155 Å². The number of fused-ring (bicyclic) bond motifs is 1. The van der Waals surface area contributed by atoms with Crippen LogP contribution in [0.3, 0.4) is 0 Å². The number of thiophene rings is 1. The average Bonchev–Trinajstić information content (AvgIpc) is 3.33. The predicted molar refractivity (Wildman–Crippen MR) is 101 cm³/mol. The molecule has 3 aromatic rings. The van der Waals surface area contributed by atoms with Crippen LogP contribution in [0.15, 0.2) is 39.5 Å². The molecular formula is C20H20N2O3S. The Hall–Kier alpha value is -2.44. The number of hydrogen-bond donors (Lipinski definition) is 2. The molecule has 1 aliphatic rings. The zero-order valence-corrected chi connectivity index (χ0v) is 15.5. The molecule has 0 saturated carbocycles. The third-order valence-electron chi connectivity index (χ3n) is 5.16. The van der Waals surface area contributed by atoms with E-state index in [-0.39, 0.29) is 12.5 Å². The number of amides is 1. The van der Waals surface area contributed by atoms with Crippen LogP contribution in [0.25, 0.3) is 11.1 Å². The second kappa shape index (κ2) is 6.37. The van der Waals surface area contributed by atoms with Gasteiger partial charge in [0.2, 0.25) is 5.91 Å². The summed E-state index contributed by atoms with van der Waals surface area (Å²) in [6.07, 6.45) is 1.11. The molecule has 134 valence electrons. The third-order valence-corrected chi connectivity index (χ3v) is 5.84. The number of nitrogens with zero attached hydrogens (tertiary/aromatic N) is 1. The van der Waals surface area contributed by atoms with Crippen molar-refractivity contribution in [2.45, 2.75) is 32.1 Å². The summed E-state index contributed by atoms with van der Waals surface area (Å²) in [7, 11) is 0. The maximum absolute atomic E-state index is 13.1. The number of aliphatic hydroxyl groups excluding tert-OH is 1. The van der Waals surface area contributed by atoms with Crippen molar-refractivity contribution in [3.05, 3.63) is 57.6 Å². The molecule has 3 heterocycles. The molecule has 0 radical (unpaired) electrons. The first-order chi connectivity index (χ1) is 12.6. The van der Waals surface area contributed by atoms with E-state index in [4.69, 9.17) is 4.52 Å². The monoisotopic (exact) mass is 368 g/mol. The van der Waals surface area contributed by atoms with Gasteiger partial charge in [0.15, 0.2) is 0 Å². The van der Waals surface area contributed by atoms with E-state index in [0.717, 1.165) is 39.4 Å². The van der Waals surface area contributed by atoms with Gasteiger partial charge in [0.05, 0.1) is 5.69 Å². The molecule has 0 saturated heterocycles. The Bertz CT molecular complexity index is 942. The van der Waals surface area contributed by atoms with E-state index >= 15 is 0 Å². The van der Waals surface area contributed by atoms with Gasteiger partial charge in [0, 0.05) is 17.9 Å². The van der Waals surface area contributed by atoms with Crippen LogP contribution in [0.2, 0.25) is 0 Å². The summed E-state index contributed by atoms with van der Waals surface area (Å²) in [6.45, 7) is 3.86. The first-order valence-electron chi connectivity index (χ1n) is 8.60. The quantitative estimate of drug-likeness (QED) is 0.713. The molecule has 0 spiro atoms. The van der Waals surface area contributed by atoms with Crippen molar-refractivity contribution < 1.29 is 14.4 Å². The fraction of sp³-hybridized carbons (Fsp3) is 0.300. The van der Waals surface area contributed by atoms with E-state index in [1.54, 1.807) is 11.3 Å². The maximum Gasteiger partial charge on any atom is 0.239 e. The highest BCUT2D eigenvalue weighted by Gasteiger charge is 2.48. The average molecular weight is 368 g/mol. The lowest BCUT2D eigenvalue weighted by Gasteiger charge is -2.27. The summed E-state index contributed by atoms with van der Waals surface area (Å²) >= 11 is 1.57. The summed E-state index contributed by atoms with van der Waals surface area (Å²) in [5.74, 6) is 0.728. The fourth-order valence-corrected chi connectivity index (χ4v) is 4.67. The van der Waals surface area contributed by atoms with Gasteiger partial charge >= 0.3 is 0 Å². The van der Waals surface area contributed by atoms with Crippen molar-refractivity contribution in [3.63, 3.8) is 0 Å². The number of carbonyl (C=O) groups is 1. The molecule has 1 unspecified atom stereocenters. The Kier molecular flexibility index (Phi) is 4.17. The lowest BCUT2D eigenvalue weighted by molar-refractivity contribution is -0.119. The molecule has 2 N–H and O–H groups in total. The van der Waals surface area contributed by atoms with Crippen molar-refractivity contribution in [2.24, 2.45) is 0 Å². The lowest BCUT2D eigenvalue weighted by Crippen LogP contribution is -2.35. The zero-order valence-electron chi connectivity index (χ0n) is 14.7. The first kappa shape index (κ1) is 17.0. The number of aryl methyl sites for hydroxylation is 2. The summed E-state index contributed by atoms with van der Waals surface area (Å²) in [5, 5.41) is 20.5. The van der Waals surface area contributed by atoms with Gasteiger partial charge in [-0.25, -0.2) is 0 Å². The predicted octanol–water partition coefficient (Wildman–Crippen LogP) is 4.03. The highest BCUT2D eigenvalue weighted by Crippen LogP contribution is 2.48. The summed E-state index contributed by atoms with van der Waals surface area (Å²) in [4.78, 5) is 13.1. The van der Waals surface area contributed by atoms with Crippen LogP contribution in [-0.2, 0) is 10.2 Å². The summed E-state index contributed by atoms with van der Waals surface area (Å²) in [6, 6.07) is 8.00. The number of aliphatic hydroxyl groups is 1. The molecule has 26 heavy (non-hydrogen) atoms. The summed E-state index contributed by atoms with van der Waals surface area (Å²) in [5.41, 5.74) is 4.77. The van der Waals surface area contributed by atoms with Crippen molar-refractivity contribution in [1.82, 2.24) is 5.16 Å². The van der Waals surface area contributed by atoms with Crippen LogP contribution in [0.1, 0.15) is 35.4 Å². The number of rotatable bonds is 5. The molecular weight excluding hydrogens is 348 g/mol.